The number of rotatable bonds is 35. The molecule has 776 valence electrons. The highest BCUT2D eigenvalue weighted by atomic mass is 16.8. The number of hydrogen-bond donors (Lipinski definition) is 35. The Bertz CT molecular complexity index is 3650. The maximum atomic E-state index is 13.2. The van der Waals surface area contributed by atoms with Crippen LogP contribution in [0.2, 0.25) is 0 Å². The average Bonchev–Trinajstić information content (AvgIpc) is 0.767. The van der Waals surface area contributed by atoms with Crippen LogP contribution in [-0.2, 0) is 119 Å². The van der Waals surface area contributed by atoms with Gasteiger partial charge in [-0.3, -0.25) is 19.2 Å². The minimum atomic E-state index is -2.66. The van der Waals surface area contributed by atoms with E-state index in [0.717, 1.165) is 27.7 Å². The number of ether oxygens (including phenoxy) is 21. The fraction of sp³-hybridized carbons (Fsp3) is 0.946. The lowest BCUT2D eigenvalue weighted by Gasteiger charge is -2.51. The van der Waals surface area contributed by atoms with Gasteiger partial charge in [-0.2, -0.15) is 0 Å². The molecule has 0 aliphatic carbocycles. The van der Waals surface area contributed by atoms with Crippen molar-refractivity contribution in [3.8, 4) is 0 Å². The van der Waals surface area contributed by atoms with Crippen LogP contribution in [0.25, 0.3) is 0 Å². The minimum absolute atomic E-state index is 0.816. The Morgan fingerprint density at radius 2 is 0.403 bits per heavy atom. The molecule has 55 atom stereocenters. The second kappa shape index (κ2) is 48.3. The van der Waals surface area contributed by atoms with E-state index >= 15 is 0 Å². The molecule has 1 unspecified atom stereocenters. The highest BCUT2D eigenvalue weighted by Gasteiger charge is 2.63. The van der Waals surface area contributed by atoms with E-state index in [1.807, 2.05) is 0 Å². The van der Waals surface area contributed by atoms with Gasteiger partial charge in [-0.15, -0.1) is 0 Å². The molecule has 0 aromatic rings. The molecule has 11 heterocycles. The molecule has 11 fully saturated rings. The van der Waals surface area contributed by atoms with E-state index in [0.29, 0.717) is 0 Å². The van der Waals surface area contributed by atoms with Crippen LogP contribution in [0.5, 0.6) is 0 Å². The van der Waals surface area contributed by atoms with Gasteiger partial charge in [-0.25, -0.2) is 0 Å². The van der Waals surface area contributed by atoms with Gasteiger partial charge in [0.05, 0.1) is 72.7 Å². The van der Waals surface area contributed by atoms with Gasteiger partial charge in [0.25, 0.3) is 0 Å². The Labute approximate surface area is 757 Å². The lowest BCUT2D eigenvalue weighted by molar-refractivity contribution is -0.400. The molecule has 11 aliphatic rings. The summed E-state index contributed by atoms with van der Waals surface area (Å²) in [5.74, 6) is -3.84. The molecule has 0 aromatic carbocycles. The second-order valence-electron chi connectivity index (χ2n) is 33.8. The van der Waals surface area contributed by atoms with Gasteiger partial charge in [0.1, 0.15) is 268 Å². The molecule has 11 rings (SSSR count). The first-order valence-corrected chi connectivity index (χ1v) is 42.7. The zero-order valence-electron chi connectivity index (χ0n) is 71.6. The van der Waals surface area contributed by atoms with E-state index in [1.165, 1.54) is 0 Å². The second-order valence-corrected chi connectivity index (χ2v) is 33.8. The van der Waals surface area contributed by atoms with Gasteiger partial charge in [0.15, 0.2) is 69.2 Å². The Morgan fingerprint density at radius 1 is 0.194 bits per heavy atom. The predicted molar refractivity (Wildman–Crippen MR) is 409 cm³/mol. The van der Waals surface area contributed by atoms with Gasteiger partial charge in [0.2, 0.25) is 23.6 Å². The number of aliphatic hydroxyl groups is 31. The summed E-state index contributed by atoms with van der Waals surface area (Å²) in [5, 5.41) is 356. The molecule has 0 aromatic heterocycles. The molecule has 35 N–H and O–H groups in total. The molecule has 11 saturated heterocycles. The standard InChI is InChI=1S/C74H124N4O56/c1-16(89)75-31-42(100)55(26(11-85)115-64(31)113)126-65-32(76-17(2)90)43(101)58(27(12-86)122-65)129-72-54(112)61(132-74-63(49(107)38(96)23(8-82)121-74)134-67-34(78-19(4)92)45(103)57(29(14-88)124-67)128-71-53(111)60(40(98)25(10-84)119-71)131-69-51(109)47(105)36(94)21(6-80)117-69)41(99)30(125-72)15-114-73-62(48(106)37(95)22(7-81)120-73)133-66-33(77-18(3)91)44(102)56(28(13-87)123-66)127-70-52(110)59(39(97)24(9-83)118-70)130-68-50(108)46(104)35(93)20(5-79)116-68/h20-74,79-88,93-113H,5-15H2,1-4H3,(H,75,89)(H,76,90)(H,77,91)(H,78,92)/t20-,21-,22-,23-,24-,25-,26-,27-,28-,29-,30-,31-,32-,33-,34-,35+,36+,37-,38-,39+,40+,41-,42-,43-,44-,45-,46+,47+,48+,49+,50-,51-,52-,53-,54+,55-,56-,57-,58-,59+,60+,61+,62+,63+,64?,65+,66+,67+,68-,69-,70+,71+,72+,73+,74-/m1/s1. The molecule has 0 bridgehead atoms. The summed E-state index contributed by atoms with van der Waals surface area (Å²) in [5.41, 5.74) is 0. The smallest absolute Gasteiger partial charge is 0.217 e. The first-order valence-electron chi connectivity index (χ1n) is 42.7. The Balaban J connectivity index is 0.899. The molecule has 0 radical (unpaired) electrons. The molecule has 60 heteroatoms. The fourth-order valence-electron chi connectivity index (χ4n) is 17.4. The number of hydrogen-bond acceptors (Lipinski definition) is 56. The van der Waals surface area contributed by atoms with E-state index in [-0.39, 0.29) is 0 Å². The van der Waals surface area contributed by atoms with E-state index < -0.39 is 434 Å². The van der Waals surface area contributed by atoms with Crippen LogP contribution in [0.1, 0.15) is 27.7 Å². The SMILES string of the molecule is CC(=O)N[C@H]1[C@H](O[C@H]2[C@H](O)[C@@H](NC(C)=O)C(O)O[C@@H]2CO)O[C@H](CO)[C@@H](O[C@@H]2O[C@H](CO[C@H]3O[C@H](CO)[C@@H](O)[C@H](O)[C@@H]3O[C@@H]3O[C@H](CO)[C@@H](O[C@@H]4O[C@H](CO)[C@H](O)[C@H](O[C@H]5O[C@H](CO)[C@H](O)[C@H](O)[C@H]5O)[C@H]4O)[C@H](O)[C@H]3NC(C)=O)[C@@H](O)[C@H](O[C@H]3O[C@H](CO)[C@@H](O)[C@H](O)[C@@H]3O[C@@H]3O[C@H](CO)[C@@H](O[C@@H]4O[C@H](CO)[C@H](O)[C@H](O[C@H]5O[C@H](CO)[C@H](O)[C@H](O)[C@H]5O)[C@H]4O)[C@H](O)[C@H]3NC(C)=O)[C@@H]2O)[C@@H]1O. The minimum Gasteiger partial charge on any atom is -0.394 e. The van der Waals surface area contributed by atoms with Crippen LogP contribution in [0.3, 0.4) is 0 Å². The highest BCUT2D eigenvalue weighted by molar-refractivity contribution is 5.74. The van der Waals surface area contributed by atoms with Crippen LogP contribution in [0.15, 0.2) is 0 Å². The van der Waals surface area contributed by atoms with E-state index in [2.05, 4.69) is 21.3 Å². The van der Waals surface area contributed by atoms with Crippen molar-refractivity contribution in [2.75, 3.05) is 72.7 Å². The van der Waals surface area contributed by atoms with Crippen LogP contribution in [0, 0.1) is 0 Å². The summed E-state index contributed by atoms with van der Waals surface area (Å²) >= 11 is 0. The third kappa shape index (κ3) is 24.0. The summed E-state index contributed by atoms with van der Waals surface area (Å²) in [4.78, 5) is 51.7. The summed E-state index contributed by atoms with van der Waals surface area (Å²) in [7, 11) is 0. The van der Waals surface area contributed by atoms with Crippen LogP contribution in [-0.4, -0.2) is 592 Å². The average molecular weight is 1970 g/mol. The van der Waals surface area contributed by atoms with Gasteiger partial charge in [0, 0.05) is 27.7 Å². The summed E-state index contributed by atoms with van der Waals surface area (Å²) < 4.78 is 124. The van der Waals surface area contributed by atoms with Crippen molar-refractivity contribution >= 4 is 23.6 Å². The fourth-order valence-corrected chi connectivity index (χ4v) is 17.4. The van der Waals surface area contributed by atoms with Crippen molar-refractivity contribution in [2.24, 2.45) is 0 Å². The van der Waals surface area contributed by atoms with Gasteiger partial charge in [-0.1, -0.05) is 0 Å². The number of carbonyl (C=O) groups is 4. The zero-order chi connectivity index (χ0) is 98.5. The van der Waals surface area contributed by atoms with Crippen molar-refractivity contribution in [3.05, 3.63) is 0 Å². The Morgan fingerprint density at radius 3 is 0.716 bits per heavy atom. The molecular weight excluding hydrogens is 1840 g/mol. The molecule has 4 amide bonds. The Kier molecular flexibility index (Phi) is 39.7. The number of amides is 4. The topological polar surface area (TPSA) is 937 Å². The molecule has 134 heavy (non-hydrogen) atoms. The molecule has 11 aliphatic heterocycles. The van der Waals surface area contributed by atoms with Crippen molar-refractivity contribution in [3.63, 3.8) is 0 Å². The quantitative estimate of drug-likeness (QED) is 0.0280. The number of carbonyl (C=O) groups excluding carboxylic acids is 4. The Hall–Kier alpha value is -4.20. The first-order chi connectivity index (χ1) is 63.5. The highest BCUT2D eigenvalue weighted by Crippen LogP contribution is 2.42. The van der Waals surface area contributed by atoms with Gasteiger partial charge in [-0.05, 0) is 0 Å². The lowest BCUT2D eigenvalue weighted by Crippen LogP contribution is -2.71. The lowest BCUT2D eigenvalue weighted by atomic mass is 9.93. The van der Waals surface area contributed by atoms with E-state index in [9.17, 15) is 177 Å². The third-order valence-corrected chi connectivity index (χ3v) is 24.6. The van der Waals surface area contributed by atoms with Crippen molar-refractivity contribution in [1.29, 1.82) is 0 Å². The summed E-state index contributed by atoms with van der Waals surface area (Å²) in [6.45, 7) is -8.91. The molecule has 60 nitrogen and oxygen atoms in total. The monoisotopic (exact) mass is 1960 g/mol. The van der Waals surface area contributed by atoms with Crippen LogP contribution >= 0.6 is 0 Å². The third-order valence-electron chi connectivity index (χ3n) is 24.6. The van der Waals surface area contributed by atoms with Gasteiger partial charge >= 0.3 is 0 Å². The maximum absolute atomic E-state index is 13.2. The van der Waals surface area contributed by atoms with E-state index in [4.69, 9.17) is 99.5 Å². The van der Waals surface area contributed by atoms with Crippen molar-refractivity contribution < 1.29 is 277 Å². The summed E-state index contributed by atoms with van der Waals surface area (Å²) in [6, 6.07) is -7.79. The largest absolute Gasteiger partial charge is 0.394 e. The molecule has 0 saturated carbocycles. The molecular formula is C74H124N4O56. The van der Waals surface area contributed by atoms with Crippen LogP contribution < -0.4 is 21.3 Å². The molecule has 0 spiro atoms. The van der Waals surface area contributed by atoms with Crippen LogP contribution in [0.4, 0.5) is 0 Å². The first kappa shape index (κ1) is 110. The number of nitrogens with one attached hydrogen (secondary N) is 4. The normalized spacial score (nSPS) is 49.8. The number of aliphatic hydroxyl groups excluding tert-OH is 31. The van der Waals surface area contributed by atoms with E-state index in [1.54, 1.807) is 0 Å². The maximum Gasteiger partial charge on any atom is 0.217 e. The van der Waals surface area contributed by atoms with Crippen molar-refractivity contribution in [1.82, 2.24) is 21.3 Å². The summed E-state index contributed by atoms with van der Waals surface area (Å²) in [6.07, 6.45) is -109. The zero-order valence-corrected chi connectivity index (χ0v) is 71.6. The predicted octanol–water partition coefficient (Wildman–Crippen LogP) is -24.4. The van der Waals surface area contributed by atoms with Crippen molar-refractivity contribution in [2.45, 2.75) is 365 Å². The van der Waals surface area contributed by atoms with Gasteiger partial charge < -0.3 is 279 Å².